The average molecular weight is 354 g/mol. The standard InChI is InChI=1S/C19H26N6O/c1-5-13(2)8-18-23-19(16-9-14(3)21-11-17(16)26-4)25(24-18)7-6-15-10-20-12-22-15/h9-13H,5-8H2,1-4H3,(H,20,22). The van der Waals surface area contributed by atoms with Crippen LogP contribution < -0.4 is 4.74 Å². The Morgan fingerprint density at radius 3 is 2.85 bits per heavy atom. The summed E-state index contributed by atoms with van der Waals surface area (Å²) >= 11 is 0. The van der Waals surface area contributed by atoms with Crippen LogP contribution in [0, 0.1) is 12.8 Å². The van der Waals surface area contributed by atoms with E-state index in [0.717, 1.165) is 54.4 Å². The van der Waals surface area contributed by atoms with Crippen LogP contribution in [0.5, 0.6) is 5.75 Å². The van der Waals surface area contributed by atoms with Crippen LogP contribution in [-0.4, -0.2) is 36.8 Å². The molecule has 0 fully saturated rings. The lowest BCUT2D eigenvalue weighted by molar-refractivity contribution is 0.413. The van der Waals surface area contributed by atoms with Gasteiger partial charge in [0.2, 0.25) is 0 Å². The van der Waals surface area contributed by atoms with Gasteiger partial charge in [0.1, 0.15) is 5.75 Å². The number of pyridine rings is 1. The summed E-state index contributed by atoms with van der Waals surface area (Å²) in [6.07, 6.45) is 8.07. The van der Waals surface area contributed by atoms with E-state index < -0.39 is 0 Å². The van der Waals surface area contributed by atoms with Gasteiger partial charge in [0.15, 0.2) is 11.6 Å². The predicted molar refractivity (Wildman–Crippen MR) is 100.0 cm³/mol. The molecule has 0 spiro atoms. The normalized spacial score (nSPS) is 12.3. The molecule has 0 amide bonds. The molecule has 0 saturated carbocycles. The third-order valence-corrected chi connectivity index (χ3v) is 4.56. The Hall–Kier alpha value is -2.70. The lowest BCUT2D eigenvalue weighted by Gasteiger charge is -2.10. The fourth-order valence-electron chi connectivity index (χ4n) is 2.82. The van der Waals surface area contributed by atoms with Crippen molar-refractivity contribution in [2.24, 2.45) is 5.92 Å². The third-order valence-electron chi connectivity index (χ3n) is 4.56. The molecule has 0 aliphatic rings. The van der Waals surface area contributed by atoms with E-state index in [2.05, 4.69) is 28.8 Å². The summed E-state index contributed by atoms with van der Waals surface area (Å²) in [6, 6.07) is 2.00. The summed E-state index contributed by atoms with van der Waals surface area (Å²) in [6.45, 7) is 7.10. The molecule has 1 N–H and O–H groups in total. The van der Waals surface area contributed by atoms with Gasteiger partial charge in [-0.2, -0.15) is 5.10 Å². The fraction of sp³-hybridized carbons (Fsp3) is 0.474. The molecule has 138 valence electrons. The highest BCUT2D eigenvalue weighted by atomic mass is 16.5. The van der Waals surface area contributed by atoms with E-state index in [9.17, 15) is 0 Å². The molecule has 3 heterocycles. The predicted octanol–water partition coefficient (Wildman–Crippen LogP) is 3.21. The van der Waals surface area contributed by atoms with Gasteiger partial charge in [0, 0.05) is 37.0 Å². The zero-order valence-corrected chi connectivity index (χ0v) is 15.9. The van der Waals surface area contributed by atoms with E-state index in [0.29, 0.717) is 11.7 Å². The summed E-state index contributed by atoms with van der Waals surface area (Å²) in [5, 5.41) is 4.77. The maximum atomic E-state index is 5.51. The van der Waals surface area contributed by atoms with Crippen LogP contribution in [-0.2, 0) is 19.4 Å². The van der Waals surface area contributed by atoms with Crippen molar-refractivity contribution >= 4 is 0 Å². The molecule has 0 bridgehead atoms. The molecule has 0 radical (unpaired) electrons. The molecule has 0 saturated heterocycles. The highest BCUT2D eigenvalue weighted by Crippen LogP contribution is 2.29. The van der Waals surface area contributed by atoms with E-state index in [1.165, 1.54) is 0 Å². The van der Waals surface area contributed by atoms with Crippen molar-refractivity contribution in [3.05, 3.63) is 42.0 Å². The summed E-state index contributed by atoms with van der Waals surface area (Å²) in [5.41, 5.74) is 2.92. The van der Waals surface area contributed by atoms with Crippen LogP contribution in [0.15, 0.2) is 24.8 Å². The van der Waals surface area contributed by atoms with Crippen molar-refractivity contribution in [1.82, 2.24) is 29.7 Å². The fourth-order valence-corrected chi connectivity index (χ4v) is 2.82. The molecule has 1 unspecified atom stereocenters. The molecule has 1 atom stereocenters. The molecule has 0 aliphatic heterocycles. The average Bonchev–Trinajstić information content (AvgIpc) is 3.29. The van der Waals surface area contributed by atoms with Gasteiger partial charge >= 0.3 is 0 Å². The lowest BCUT2D eigenvalue weighted by Crippen LogP contribution is -2.07. The largest absolute Gasteiger partial charge is 0.494 e. The lowest BCUT2D eigenvalue weighted by atomic mass is 10.1. The quantitative estimate of drug-likeness (QED) is 0.672. The van der Waals surface area contributed by atoms with Crippen molar-refractivity contribution in [2.75, 3.05) is 7.11 Å². The van der Waals surface area contributed by atoms with Gasteiger partial charge in [0.05, 0.1) is 25.2 Å². The number of hydrogen-bond acceptors (Lipinski definition) is 5. The molecule has 3 rings (SSSR count). The van der Waals surface area contributed by atoms with Gasteiger partial charge in [-0.25, -0.2) is 14.6 Å². The van der Waals surface area contributed by atoms with Gasteiger partial charge < -0.3 is 9.72 Å². The Kier molecular flexibility index (Phi) is 5.65. The summed E-state index contributed by atoms with van der Waals surface area (Å²) in [5.74, 6) is 2.95. The van der Waals surface area contributed by atoms with Crippen molar-refractivity contribution < 1.29 is 4.74 Å². The molecule has 0 aliphatic carbocycles. The van der Waals surface area contributed by atoms with Crippen molar-refractivity contribution in [1.29, 1.82) is 0 Å². The number of hydrogen-bond donors (Lipinski definition) is 1. The minimum absolute atomic E-state index is 0.548. The number of imidazole rings is 1. The molecule has 26 heavy (non-hydrogen) atoms. The summed E-state index contributed by atoms with van der Waals surface area (Å²) in [4.78, 5) is 16.4. The molecular formula is C19H26N6O. The second-order valence-corrected chi connectivity index (χ2v) is 6.65. The number of nitrogens with zero attached hydrogens (tertiary/aromatic N) is 5. The summed E-state index contributed by atoms with van der Waals surface area (Å²) < 4.78 is 7.48. The molecular weight excluding hydrogens is 328 g/mol. The highest BCUT2D eigenvalue weighted by molar-refractivity contribution is 5.64. The number of ether oxygens (including phenoxy) is 1. The van der Waals surface area contributed by atoms with Gasteiger partial charge in [-0.15, -0.1) is 0 Å². The number of nitrogens with one attached hydrogen (secondary N) is 1. The van der Waals surface area contributed by atoms with Gasteiger partial charge in [-0.3, -0.25) is 4.98 Å². The molecule has 7 heteroatoms. The molecule has 3 aromatic rings. The number of aromatic amines is 1. The topological polar surface area (TPSA) is 81.5 Å². The Labute approximate surface area is 153 Å². The second kappa shape index (κ2) is 8.12. The van der Waals surface area contributed by atoms with Crippen LogP contribution in [0.3, 0.4) is 0 Å². The number of aromatic nitrogens is 6. The molecule has 3 aromatic heterocycles. The van der Waals surface area contributed by atoms with Crippen LogP contribution in [0.1, 0.15) is 37.5 Å². The van der Waals surface area contributed by atoms with Gasteiger partial charge in [-0.05, 0) is 18.9 Å². The highest BCUT2D eigenvalue weighted by Gasteiger charge is 2.18. The Balaban J connectivity index is 1.96. The molecule has 7 nitrogen and oxygen atoms in total. The van der Waals surface area contributed by atoms with Crippen LogP contribution in [0.4, 0.5) is 0 Å². The van der Waals surface area contributed by atoms with E-state index in [1.54, 1.807) is 19.6 Å². The Bertz CT molecular complexity index is 840. The Morgan fingerprint density at radius 1 is 1.31 bits per heavy atom. The Morgan fingerprint density at radius 2 is 2.15 bits per heavy atom. The first-order chi connectivity index (χ1) is 12.6. The smallest absolute Gasteiger partial charge is 0.162 e. The first-order valence-corrected chi connectivity index (χ1v) is 9.02. The van der Waals surface area contributed by atoms with Crippen LogP contribution in [0.2, 0.25) is 0 Å². The van der Waals surface area contributed by atoms with Crippen molar-refractivity contribution in [3.8, 4) is 17.1 Å². The zero-order valence-electron chi connectivity index (χ0n) is 15.9. The SMILES string of the molecule is CCC(C)Cc1nc(-c2cc(C)ncc2OC)n(CCc2cnc[nH]2)n1. The number of methoxy groups -OCH3 is 1. The van der Waals surface area contributed by atoms with Crippen LogP contribution >= 0.6 is 0 Å². The maximum absolute atomic E-state index is 5.51. The first kappa shape index (κ1) is 18.1. The van der Waals surface area contributed by atoms with Crippen molar-refractivity contribution in [2.45, 2.75) is 46.6 Å². The van der Waals surface area contributed by atoms with E-state index in [-0.39, 0.29) is 0 Å². The summed E-state index contributed by atoms with van der Waals surface area (Å²) in [7, 11) is 1.65. The first-order valence-electron chi connectivity index (χ1n) is 9.02. The van der Waals surface area contributed by atoms with E-state index >= 15 is 0 Å². The van der Waals surface area contributed by atoms with E-state index in [1.807, 2.05) is 23.9 Å². The zero-order chi connectivity index (χ0) is 18.5. The van der Waals surface area contributed by atoms with Gasteiger partial charge in [0.25, 0.3) is 0 Å². The minimum Gasteiger partial charge on any atom is -0.494 e. The van der Waals surface area contributed by atoms with E-state index in [4.69, 9.17) is 14.8 Å². The number of rotatable bonds is 8. The molecule has 0 aromatic carbocycles. The monoisotopic (exact) mass is 354 g/mol. The van der Waals surface area contributed by atoms with Crippen LogP contribution in [0.25, 0.3) is 11.4 Å². The minimum atomic E-state index is 0.548. The maximum Gasteiger partial charge on any atom is 0.162 e. The number of aryl methyl sites for hydroxylation is 3. The third kappa shape index (κ3) is 4.09. The van der Waals surface area contributed by atoms with Gasteiger partial charge in [-0.1, -0.05) is 20.3 Å². The second-order valence-electron chi connectivity index (χ2n) is 6.65. The van der Waals surface area contributed by atoms with Crippen molar-refractivity contribution in [3.63, 3.8) is 0 Å². The number of H-pyrrole nitrogens is 1.